The van der Waals surface area contributed by atoms with Gasteiger partial charge >= 0.3 is 12.0 Å². The van der Waals surface area contributed by atoms with Gasteiger partial charge in [0.2, 0.25) is 0 Å². The standard InChI is InChI=1S/C17H14ClFN2O3/c18-12-9-14(20-17(24)21-7-6-15(21)16(22)23)11(8-13(12)19)10-4-2-1-3-5-10/h1-5,8-9,15H,6-7H2,(H,20,24)(H,22,23)/t15-/m1/s1. The van der Waals surface area contributed by atoms with E-state index < -0.39 is 23.9 Å². The van der Waals surface area contributed by atoms with Crippen LogP contribution in [-0.4, -0.2) is 34.6 Å². The van der Waals surface area contributed by atoms with E-state index in [1.165, 1.54) is 17.0 Å². The summed E-state index contributed by atoms with van der Waals surface area (Å²) >= 11 is 5.83. The zero-order valence-corrected chi connectivity index (χ0v) is 13.3. The molecule has 2 amide bonds. The number of amides is 2. The van der Waals surface area contributed by atoms with Gasteiger partial charge in [-0.1, -0.05) is 41.9 Å². The van der Waals surface area contributed by atoms with Crippen LogP contribution in [-0.2, 0) is 4.79 Å². The van der Waals surface area contributed by atoms with E-state index in [9.17, 15) is 14.0 Å². The third-order valence-corrected chi connectivity index (χ3v) is 4.24. The van der Waals surface area contributed by atoms with Crippen molar-refractivity contribution in [3.63, 3.8) is 0 Å². The summed E-state index contributed by atoms with van der Waals surface area (Å²) in [6.07, 6.45) is 0.415. The molecule has 124 valence electrons. The molecule has 0 spiro atoms. The highest BCUT2D eigenvalue weighted by molar-refractivity contribution is 6.31. The maximum absolute atomic E-state index is 13.9. The quantitative estimate of drug-likeness (QED) is 0.885. The number of carbonyl (C=O) groups is 2. The van der Waals surface area contributed by atoms with Crippen molar-refractivity contribution in [2.75, 3.05) is 11.9 Å². The molecule has 3 rings (SSSR count). The minimum atomic E-state index is -1.04. The fourth-order valence-corrected chi connectivity index (χ4v) is 2.74. The highest BCUT2D eigenvalue weighted by Crippen LogP contribution is 2.33. The summed E-state index contributed by atoms with van der Waals surface area (Å²) in [5.74, 6) is -1.64. The second kappa shape index (κ2) is 6.49. The molecule has 1 heterocycles. The molecule has 7 heteroatoms. The number of carbonyl (C=O) groups excluding carboxylic acids is 1. The van der Waals surface area contributed by atoms with E-state index in [0.29, 0.717) is 29.8 Å². The molecule has 2 aromatic rings. The van der Waals surface area contributed by atoms with Gasteiger partial charge in [-0.15, -0.1) is 0 Å². The van der Waals surface area contributed by atoms with Crippen molar-refractivity contribution >= 4 is 29.3 Å². The molecule has 2 aromatic carbocycles. The van der Waals surface area contributed by atoms with E-state index in [1.54, 1.807) is 24.3 Å². The maximum Gasteiger partial charge on any atom is 0.326 e. The van der Waals surface area contributed by atoms with Gasteiger partial charge in [0.15, 0.2) is 0 Å². The number of carboxylic acid groups (broad SMARTS) is 1. The van der Waals surface area contributed by atoms with Gasteiger partial charge in [-0.05, 0) is 24.1 Å². The predicted octanol–water partition coefficient (Wildman–Crippen LogP) is 3.84. The van der Waals surface area contributed by atoms with Crippen molar-refractivity contribution < 1.29 is 19.1 Å². The lowest BCUT2D eigenvalue weighted by Crippen LogP contribution is -2.56. The van der Waals surface area contributed by atoms with E-state index in [4.69, 9.17) is 16.7 Å². The summed E-state index contributed by atoms with van der Waals surface area (Å²) in [6, 6.07) is 10.2. The van der Waals surface area contributed by atoms with Crippen LogP contribution < -0.4 is 5.32 Å². The van der Waals surface area contributed by atoms with Crippen LogP contribution in [0, 0.1) is 5.82 Å². The van der Waals surface area contributed by atoms with E-state index in [0.717, 1.165) is 0 Å². The Bertz CT molecular complexity index is 798. The third-order valence-electron chi connectivity index (χ3n) is 3.95. The van der Waals surface area contributed by atoms with Crippen molar-refractivity contribution in [1.82, 2.24) is 4.90 Å². The van der Waals surface area contributed by atoms with Crippen LogP contribution in [0.3, 0.4) is 0 Å². The average molecular weight is 349 g/mol. The molecule has 1 fully saturated rings. The first kappa shape index (κ1) is 16.3. The highest BCUT2D eigenvalue weighted by atomic mass is 35.5. The molecule has 0 aromatic heterocycles. The van der Waals surface area contributed by atoms with Gasteiger partial charge in [-0.2, -0.15) is 0 Å². The number of benzene rings is 2. The highest BCUT2D eigenvalue weighted by Gasteiger charge is 2.37. The molecule has 0 aliphatic carbocycles. The van der Waals surface area contributed by atoms with Crippen LogP contribution in [0.15, 0.2) is 42.5 Å². The summed E-state index contributed by atoms with van der Waals surface area (Å²) in [4.78, 5) is 24.6. The monoisotopic (exact) mass is 348 g/mol. The number of hydrogen-bond donors (Lipinski definition) is 2. The lowest BCUT2D eigenvalue weighted by atomic mass is 10.0. The number of halogens is 2. The number of urea groups is 1. The molecule has 1 atom stereocenters. The Labute approximate surface area is 142 Å². The number of aliphatic carboxylic acids is 1. The fourth-order valence-electron chi connectivity index (χ4n) is 2.58. The number of nitrogens with zero attached hydrogens (tertiary/aromatic N) is 1. The second-order valence-electron chi connectivity index (χ2n) is 5.44. The molecule has 0 saturated carbocycles. The number of anilines is 1. The number of nitrogens with one attached hydrogen (secondary N) is 1. The Morgan fingerprint density at radius 1 is 1.25 bits per heavy atom. The van der Waals surface area contributed by atoms with Crippen molar-refractivity contribution in [1.29, 1.82) is 0 Å². The average Bonchev–Trinajstić information content (AvgIpc) is 2.49. The Kier molecular flexibility index (Phi) is 4.40. The first-order chi connectivity index (χ1) is 11.5. The van der Waals surface area contributed by atoms with Crippen molar-refractivity contribution in [3.05, 3.63) is 53.3 Å². The van der Waals surface area contributed by atoms with Crippen LogP contribution in [0.2, 0.25) is 5.02 Å². The summed E-state index contributed by atoms with van der Waals surface area (Å²) in [5, 5.41) is 11.6. The zero-order chi connectivity index (χ0) is 17.3. The van der Waals surface area contributed by atoms with E-state index in [1.807, 2.05) is 6.07 Å². The minimum Gasteiger partial charge on any atom is -0.480 e. The van der Waals surface area contributed by atoms with Crippen LogP contribution in [0.5, 0.6) is 0 Å². The molecule has 1 saturated heterocycles. The molecule has 24 heavy (non-hydrogen) atoms. The van der Waals surface area contributed by atoms with Crippen LogP contribution in [0.4, 0.5) is 14.9 Å². The van der Waals surface area contributed by atoms with Crippen molar-refractivity contribution in [3.8, 4) is 11.1 Å². The summed E-state index contributed by atoms with van der Waals surface area (Å²) in [5.41, 5.74) is 1.51. The minimum absolute atomic E-state index is 0.122. The van der Waals surface area contributed by atoms with Gasteiger partial charge in [0, 0.05) is 12.1 Å². The number of likely N-dealkylation sites (tertiary alicyclic amines) is 1. The Balaban J connectivity index is 1.91. The first-order valence-corrected chi connectivity index (χ1v) is 7.70. The molecule has 0 unspecified atom stereocenters. The molecule has 2 N–H and O–H groups in total. The summed E-state index contributed by atoms with van der Waals surface area (Å²) in [6.45, 7) is 0.360. The topological polar surface area (TPSA) is 69.6 Å². The van der Waals surface area contributed by atoms with Gasteiger partial charge in [-0.3, -0.25) is 0 Å². The van der Waals surface area contributed by atoms with Crippen LogP contribution in [0.1, 0.15) is 6.42 Å². The zero-order valence-electron chi connectivity index (χ0n) is 12.5. The van der Waals surface area contributed by atoms with Crippen LogP contribution in [0.25, 0.3) is 11.1 Å². The summed E-state index contributed by atoms with van der Waals surface area (Å²) < 4.78 is 13.9. The van der Waals surface area contributed by atoms with Crippen molar-refractivity contribution in [2.24, 2.45) is 0 Å². The summed E-state index contributed by atoms with van der Waals surface area (Å²) in [7, 11) is 0. The van der Waals surface area contributed by atoms with E-state index in [2.05, 4.69) is 5.32 Å². The van der Waals surface area contributed by atoms with Crippen molar-refractivity contribution in [2.45, 2.75) is 12.5 Å². The lowest BCUT2D eigenvalue weighted by molar-refractivity contribution is -0.145. The largest absolute Gasteiger partial charge is 0.480 e. The Hall–Kier alpha value is -2.60. The smallest absolute Gasteiger partial charge is 0.326 e. The van der Waals surface area contributed by atoms with Gasteiger partial charge in [0.1, 0.15) is 11.9 Å². The van der Waals surface area contributed by atoms with Crippen LogP contribution >= 0.6 is 11.6 Å². The van der Waals surface area contributed by atoms with Gasteiger partial charge in [-0.25, -0.2) is 14.0 Å². The molecular weight excluding hydrogens is 335 g/mol. The molecule has 1 aliphatic rings. The fraction of sp³-hybridized carbons (Fsp3) is 0.176. The second-order valence-corrected chi connectivity index (χ2v) is 5.85. The van der Waals surface area contributed by atoms with E-state index >= 15 is 0 Å². The molecule has 5 nitrogen and oxygen atoms in total. The number of carboxylic acids is 1. The van der Waals surface area contributed by atoms with Gasteiger partial charge in [0.25, 0.3) is 0 Å². The number of hydrogen-bond acceptors (Lipinski definition) is 2. The Morgan fingerprint density at radius 3 is 2.54 bits per heavy atom. The molecule has 1 aliphatic heterocycles. The maximum atomic E-state index is 13.9. The number of rotatable bonds is 3. The van der Waals surface area contributed by atoms with E-state index in [-0.39, 0.29) is 5.02 Å². The molecule has 0 radical (unpaired) electrons. The van der Waals surface area contributed by atoms with Gasteiger partial charge < -0.3 is 15.3 Å². The lowest BCUT2D eigenvalue weighted by Gasteiger charge is -2.37. The SMILES string of the molecule is O=C(O)[C@H]1CCN1C(=O)Nc1cc(Cl)c(F)cc1-c1ccccc1. The third kappa shape index (κ3) is 3.05. The Morgan fingerprint density at radius 2 is 1.96 bits per heavy atom. The first-order valence-electron chi connectivity index (χ1n) is 7.32. The predicted molar refractivity (Wildman–Crippen MR) is 88.6 cm³/mol. The normalized spacial score (nSPS) is 16.4. The molecular formula is C17H14ClFN2O3. The van der Waals surface area contributed by atoms with Gasteiger partial charge in [0.05, 0.1) is 10.7 Å². The molecule has 0 bridgehead atoms.